The highest BCUT2D eigenvalue weighted by molar-refractivity contribution is 5.73. The van der Waals surface area contributed by atoms with Crippen LogP contribution in [0.5, 0.6) is 0 Å². The number of carbonyl (C=O) groups excluding carboxylic acids is 5. The predicted molar refractivity (Wildman–Crippen MR) is 212 cm³/mol. The highest BCUT2D eigenvalue weighted by Crippen LogP contribution is 2.43. The molecule has 1 aromatic rings. The quantitative estimate of drug-likeness (QED) is 0.130. The highest BCUT2D eigenvalue weighted by Gasteiger charge is 2.65. The first kappa shape index (κ1) is 49.0. The zero-order valence-electron chi connectivity index (χ0n) is 36.7. The number of benzene rings is 1. The summed E-state index contributed by atoms with van der Waals surface area (Å²) in [5.41, 5.74) is 0.681. The minimum Gasteiger partial charge on any atom is -0.463 e. The first-order valence-electron chi connectivity index (χ1n) is 21.3. The Balaban J connectivity index is 1.84. The monoisotopic (exact) mass is 850 g/mol. The topological polar surface area (TPSA) is 198 Å². The van der Waals surface area contributed by atoms with Gasteiger partial charge in [0.25, 0.3) is 0 Å². The fourth-order valence-electron chi connectivity index (χ4n) is 6.79. The standard InChI is InChI=1S/C44H66O16/c1-11-27(9)40(49)53-23-44(39(56-34(47)20-26(7)8)37(57-41(50)28(10)12-2)31(59-44)22-51-32(45)18-24(3)4)60-43-38(55-33(46)19-25(5)6)35(48)36-30(54-43)21-52-42(58-36)29-16-14-13-15-17-29/h13-17,24-28,30-31,35-39,42-43,48H,11-12,18-23H2,1-10H3/t27-,28-,30+,31+,35-,36+,37+,38+,39-,42?,43+,44-/m0/s1. The van der Waals surface area contributed by atoms with E-state index in [1.165, 1.54) is 0 Å². The molecule has 3 fully saturated rings. The van der Waals surface area contributed by atoms with Crippen LogP contribution < -0.4 is 0 Å². The van der Waals surface area contributed by atoms with E-state index in [2.05, 4.69) is 0 Å². The Labute approximate surface area is 353 Å². The second-order valence-corrected chi connectivity index (χ2v) is 17.3. The second kappa shape index (κ2) is 22.4. The third-order valence-corrected chi connectivity index (χ3v) is 10.5. The predicted octanol–water partition coefficient (Wildman–Crippen LogP) is 5.35. The molecule has 4 rings (SSSR count). The maximum absolute atomic E-state index is 13.7. The molecule has 0 saturated carbocycles. The summed E-state index contributed by atoms with van der Waals surface area (Å²) < 4.78 is 61.5. The maximum atomic E-state index is 13.7. The van der Waals surface area contributed by atoms with Crippen LogP contribution in [0, 0.1) is 29.6 Å². The molecule has 3 saturated heterocycles. The molecular formula is C44H66O16. The Morgan fingerprint density at radius 1 is 0.733 bits per heavy atom. The van der Waals surface area contributed by atoms with E-state index in [4.69, 9.17) is 47.4 Å². The summed E-state index contributed by atoms with van der Waals surface area (Å²) >= 11 is 0. The van der Waals surface area contributed by atoms with E-state index >= 15 is 0 Å². The van der Waals surface area contributed by atoms with Crippen molar-refractivity contribution in [3.63, 3.8) is 0 Å². The minimum atomic E-state index is -2.37. The smallest absolute Gasteiger partial charge is 0.309 e. The molecule has 16 heteroatoms. The van der Waals surface area contributed by atoms with Crippen molar-refractivity contribution < 1.29 is 76.4 Å². The molecule has 1 N–H and O–H groups in total. The van der Waals surface area contributed by atoms with Gasteiger partial charge in [0.05, 0.1) is 18.4 Å². The lowest BCUT2D eigenvalue weighted by molar-refractivity contribution is -0.406. The van der Waals surface area contributed by atoms with Gasteiger partial charge in [-0.3, -0.25) is 24.0 Å². The molecule has 0 bridgehead atoms. The Morgan fingerprint density at radius 3 is 1.92 bits per heavy atom. The van der Waals surface area contributed by atoms with Gasteiger partial charge in [-0.05, 0) is 30.6 Å². The first-order valence-corrected chi connectivity index (χ1v) is 21.3. The molecule has 3 aliphatic rings. The summed E-state index contributed by atoms with van der Waals surface area (Å²) in [6.07, 6.45) is -11.5. The van der Waals surface area contributed by atoms with Crippen molar-refractivity contribution >= 4 is 29.8 Å². The highest BCUT2D eigenvalue weighted by atomic mass is 16.8. The molecule has 0 aliphatic carbocycles. The number of carbonyl (C=O) groups is 5. The van der Waals surface area contributed by atoms with Gasteiger partial charge in [-0.1, -0.05) is 99.6 Å². The van der Waals surface area contributed by atoms with Crippen LogP contribution in [0.3, 0.4) is 0 Å². The number of fused-ring (bicyclic) bond motifs is 1. The fraction of sp³-hybridized carbons (Fsp3) is 0.750. The number of esters is 5. The summed E-state index contributed by atoms with van der Waals surface area (Å²) in [7, 11) is 0. The molecule has 60 heavy (non-hydrogen) atoms. The number of aliphatic hydroxyl groups excluding tert-OH is 1. The second-order valence-electron chi connectivity index (χ2n) is 17.3. The number of aliphatic hydroxyl groups is 1. The summed E-state index contributed by atoms with van der Waals surface area (Å²) in [6.45, 7) is 16.5. The van der Waals surface area contributed by atoms with Crippen molar-refractivity contribution in [3.05, 3.63) is 35.9 Å². The van der Waals surface area contributed by atoms with E-state index in [0.717, 1.165) is 0 Å². The zero-order chi connectivity index (χ0) is 44.3. The van der Waals surface area contributed by atoms with Gasteiger partial charge in [0, 0.05) is 24.8 Å². The van der Waals surface area contributed by atoms with Crippen LogP contribution in [0.25, 0.3) is 0 Å². The Bertz CT molecular complexity index is 1570. The minimum absolute atomic E-state index is 0.0261. The van der Waals surface area contributed by atoms with Crippen molar-refractivity contribution in [2.45, 2.75) is 162 Å². The molecule has 1 unspecified atom stereocenters. The van der Waals surface area contributed by atoms with Crippen molar-refractivity contribution in [3.8, 4) is 0 Å². The van der Waals surface area contributed by atoms with E-state index in [1.807, 2.05) is 59.7 Å². The van der Waals surface area contributed by atoms with E-state index in [-0.39, 0.29) is 43.6 Å². The van der Waals surface area contributed by atoms with Crippen molar-refractivity contribution in [2.24, 2.45) is 29.6 Å². The average molecular weight is 851 g/mol. The molecule has 12 atom stereocenters. The molecule has 338 valence electrons. The number of hydrogen-bond donors (Lipinski definition) is 1. The van der Waals surface area contributed by atoms with Gasteiger partial charge in [-0.2, -0.15) is 0 Å². The van der Waals surface area contributed by atoms with Crippen LogP contribution in [0.1, 0.15) is 113 Å². The summed E-state index contributed by atoms with van der Waals surface area (Å²) in [6, 6.07) is 9.07. The van der Waals surface area contributed by atoms with Crippen LogP contribution in [0.2, 0.25) is 0 Å². The maximum Gasteiger partial charge on any atom is 0.309 e. The van der Waals surface area contributed by atoms with Crippen LogP contribution in [-0.2, 0) is 71.3 Å². The van der Waals surface area contributed by atoms with Gasteiger partial charge in [0.1, 0.15) is 37.6 Å². The number of rotatable bonds is 20. The first-order chi connectivity index (χ1) is 28.4. The van der Waals surface area contributed by atoms with Crippen molar-refractivity contribution in [1.82, 2.24) is 0 Å². The third kappa shape index (κ3) is 13.2. The van der Waals surface area contributed by atoms with E-state index in [0.29, 0.717) is 18.4 Å². The molecular weight excluding hydrogens is 784 g/mol. The van der Waals surface area contributed by atoms with E-state index < -0.39 is 116 Å². The van der Waals surface area contributed by atoms with Gasteiger partial charge in [0.15, 0.2) is 24.6 Å². The van der Waals surface area contributed by atoms with Crippen LogP contribution in [0.4, 0.5) is 0 Å². The van der Waals surface area contributed by atoms with Crippen molar-refractivity contribution in [1.29, 1.82) is 0 Å². The van der Waals surface area contributed by atoms with Gasteiger partial charge in [-0.25, -0.2) is 0 Å². The SMILES string of the molecule is CC[C@H](C)C(=O)OC[C@@]1(O[C@H]2O[C@@H]3COC(c4ccccc4)O[C@H]3[C@H](O)[C@H]2OC(=O)CC(C)C)O[C@H](COC(=O)CC(C)C)[C@@H](OC(=O)[C@@H](C)CC)[C@@H]1OC(=O)CC(C)C. The van der Waals surface area contributed by atoms with Gasteiger partial charge in [-0.15, -0.1) is 0 Å². The van der Waals surface area contributed by atoms with E-state index in [9.17, 15) is 29.1 Å². The van der Waals surface area contributed by atoms with Gasteiger partial charge >= 0.3 is 29.8 Å². The molecule has 16 nitrogen and oxygen atoms in total. The lowest BCUT2D eigenvalue weighted by Gasteiger charge is -2.48. The van der Waals surface area contributed by atoms with Crippen molar-refractivity contribution in [2.75, 3.05) is 19.8 Å². The molecule has 3 aliphatic heterocycles. The molecule has 0 spiro atoms. The largest absolute Gasteiger partial charge is 0.463 e. The molecule has 0 radical (unpaired) electrons. The average Bonchev–Trinajstić information content (AvgIpc) is 3.46. The summed E-state index contributed by atoms with van der Waals surface area (Å²) in [5.74, 6) is -7.19. The molecule has 0 amide bonds. The lowest BCUT2D eigenvalue weighted by atomic mass is 9.97. The summed E-state index contributed by atoms with van der Waals surface area (Å²) in [5, 5.41) is 12.0. The van der Waals surface area contributed by atoms with E-state index in [1.54, 1.807) is 39.8 Å². The third-order valence-electron chi connectivity index (χ3n) is 10.5. The van der Waals surface area contributed by atoms with Crippen LogP contribution in [0.15, 0.2) is 30.3 Å². The normalized spacial score (nSPS) is 30.0. The molecule has 3 heterocycles. The Morgan fingerprint density at radius 2 is 1.32 bits per heavy atom. The molecule has 1 aromatic carbocycles. The van der Waals surface area contributed by atoms with Crippen LogP contribution in [-0.4, -0.2) is 110 Å². The van der Waals surface area contributed by atoms with Gasteiger partial charge < -0.3 is 52.5 Å². The fourth-order valence-corrected chi connectivity index (χ4v) is 6.79. The van der Waals surface area contributed by atoms with Gasteiger partial charge in [0.2, 0.25) is 12.1 Å². The Kier molecular flexibility index (Phi) is 18.3. The molecule has 0 aromatic heterocycles. The number of hydrogen-bond acceptors (Lipinski definition) is 16. The zero-order valence-corrected chi connectivity index (χ0v) is 36.7. The van der Waals surface area contributed by atoms with Crippen LogP contribution >= 0.6 is 0 Å². The lowest BCUT2D eigenvalue weighted by Crippen LogP contribution is -2.66. The Hall–Kier alpha value is -3.67. The number of ether oxygens (including phenoxy) is 10. The summed E-state index contributed by atoms with van der Waals surface area (Å²) in [4.78, 5) is 66.8.